The predicted molar refractivity (Wildman–Crippen MR) is 123 cm³/mol. The lowest BCUT2D eigenvalue weighted by molar-refractivity contribution is 0.253. The van der Waals surface area contributed by atoms with Crippen molar-refractivity contribution < 1.29 is 4.39 Å². The summed E-state index contributed by atoms with van der Waals surface area (Å²) in [4.78, 5) is 6.43. The second-order valence-electron chi connectivity index (χ2n) is 8.73. The van der Waals surface area contributed by atoms with Crippen LogP contribution in [0.1, 0.15) is 66.7 Å². The lowest BCUT2D eigenvalue weighted by Crippen LogP contribution is -2.37. The molecule has 160 valence electrons. The van der Waals surface area contributed by atoms with Crippen LogP contribution < -0.4 is 5.73 Å². The van der Waals surface area contributed by atoms with Crippen LogP contribution in [0.25, 0.3) is 0 Å². The zero-order chi connectivity index (χ0) is 21.6. The van der Waals surface area contributed by atoms with Gasteiger partial charge in [0, 0.05) is 37.4 Å². The van der Waals surface area contributed by atoms with Gasteiger partial charge >= 0.3 is 0 Å². The highest BCUT2D eigenvalue weighted by molar-refractivity contribution is 5.76. The number of aliphatic imine (C=N–C) groups is 1. The summed E-state index contributed by atoms with van der Waals surface area (Å²) < 4.78 is 13.7. The SMILES string of the molecule is C=CCC(F)=N/C=C(\CC)CN1CCC(C)(C)C2=C1C=C(C(C)N)C(CC)=CC2. The van der Waals surface area contributed by atoms with Crippen LogP contribution in [-0.4, -0.2) is 30.0 Å². The fourth-order valence-corrected chi connectivity index (χ4v) is 4.12. The number of allylic oxidation sites excluding steroid dienone is 4. The van der Waals surface area contributed by atoms with E-state index in [4.69, 9.17) is 5.73 Å². The van der Waals surface area contributed by atoms with Gasteiger partial charge in [0.15, 0.2) is 5.97 Å². The van der Waals surface area contributed by atoms with Crippen LogP contribution in [-0.2, 0) is 0 Å². The predicted octanol–water partition coefficient (Wildman–Crippen LogP) is 6.22. The molecular weight excluding hydrogens is 361 g/mol. The van der Waals surface area contributed by atoms with Gasteiger partial charge in [0.25, 0.3) is 0 Å². The Morgan fingerprint density at radius 1 is 1.41 bits per heavy atom. The van der Waals surface area contributed by atoms with Crippen molar-refractivity contribution in [1.29, 1.82) is 0 Å². The zero-order valence-electron chi connectivity index (χ0n) is 18.9. The lowest BCUT2D eigenvalue weighted by Gasteiger charge is -2.41. The Balaban J connectivity index is 2.43. The minimum Gasteiger partial charge on any atom is -0.367 e. The molecule has 1 aliphatic carbocycles. The maximum absolute atomic E-state index is 13.7. The lowest BCUT2D eigenvalue weighted by atomic mass is 9.75. The van der Waals surface area contributed by atoms with E-state index in [0.29, 0.717) is 0 Å². The van der Waals surface area contributed by atoms with E-state index in [1.54, 1.807) is 6.20 Å². The first-order chi connectivity index (χ1) is 13.7. The summed E-state index contributed by atoms with van der Waals surface area (Å²) in [5, 5.41) is 0. The first-order valence-electron chi connectivity index (χ1n) is 10.9. The molecule has 3 nitrogen and oxygen atoms in total. The van der Waals surface area contributed by atoms with Crippen molar-refractivity contribution in [3.05, 3.63) is 59.0 Å². The normalized spacial score (nSPS) is 21.3. The van der Waals surface area contributed by atoms with E-state index in [0.717, 1.165) is 44.3 Å². The third kappa shape index (κ3) is 5.79. The molecule has 0 saturated carbocycles. The molecule has 1 atom stereocenters. The van der Waals surface area contributed by atoms with Crippen molar-refractivity contribution in [1.82, 2.24) is 4.90 Å². The quantitative estimate of drug-likeness (QED) is 0.388. The Labute approximate surface area is 176 Å². The van der Waals surface area contributed by atoms with Gasteiger partial charge in [-0.25, -0.2) is 4.99 Å². The van der Waals surface area contributed by atoms with E-state index in [2.05, 4.69) is 63.2 Å². The Kier molecular flexibility index (Phi) is 8.21. The summed E-state index contributed by atoms with van der Waals surface area (Å²) in [7, 11) is 0. The number of halogens is 1. The van der Waals surface area contributed by atoms with Crippen molar-refractivity contribution in [3.63, 3.8) is 0 Å². The molecule has 1 heterocycles. The van der Waals surface area contributed by atoms with Crippen molar-refractivity contribution in [2.24, 2.45) is 16.1 Å². The summed E-state index contributed by atoms with van der Waals surface area (Å²) in [6.07, 6.45) is 12.0. The van der Waals surface area contributed by atoms with Gasteiger partial charge in [-0.3, -0.25) is 0 Å². The summed E-state index contributed by atoms with van der Waals surface area (Å²) in [6.45, 7) is 16.4. The molecular formula is C25H38FN3. The molecule has 2 rings (SSSR count). The third-order valence-electron chi connectivity index (χ3n) is 6.11. The Hall–Kier alpha value is -1.94. The van der Waals surface area contributed by atoms with Crippen molar-refractivity contribution >= 4 is 5.97 Å². The molecule has 0 aromatic heterocycles. The van der Waals surface area contributed by atoms with Crippen LogP contribution in [0.15, 0.2) is 64.0 Å². The van der Waals surface area contributed by atoms with Crippen LogP contribution >= 0.6 is 0 Å². The number of rotatable bonds is 8. The highest BCUT2D eigenvalue weighted by Gasteiger charge is 2.34. The van der Waals surface area contributed by atoms with Gasteiger partial charge in [-0.2, -0.15) is 4.39 Å². The molecule has 2 aliphatic rings. The Morgan fingerprint density at radius 2 is 2.14 bits per heavy atom. The topological polar surface area (TPSA) is 41.6 Å². The molecule has 29 heavy (non-hydrogen) atoms. The molecule has 0 saturated heterocycles. The second-order valence-corrected chi connectivity index (χ2v) is 8.73. The van der Waals surface area contributed by atoms with Gasteiger partial charge in [0.05, 0.1) is 0 Å². The highest BCUT2D eigenvalue weighted by atomic mass is 19.1. The smallest absolute Gasteiger partial charge is 0.192 e. The zero-order valence-corrected chi connectivity index (χ0v) is 18.9. The van der Waals surface area contributed by atoms with E-state index in [1.165, 1.54) is 28.5 Å². The minimum atomic E-state index is -0.393. The van der Waals surface area contributed by atoms with Gasteiger partial charge in [0.1, 0.15) is 0 Å². The fourth-order valence-electron chi connectivity index (χ4n) is 4.12. The molecule has 0 bridgehead atoms. The van der Waals surface area contributed by atoms with Gasteiger partial charge < -0.3 is 10.6 Å². The van der Waals surface area contributed by atoms with Gasteiger partial charge in [-0.1, -0.05) is 39.8 Å². The molecule has 0 spiro atoms. The Bertz CT molecular complexity index is 763. The standard InChI is InChI=1S/C25H38FN3/c1-7-10-24(26)28-16-19(8-2)17-29-14-13-25(5,6)22-12-11-20(9-3)21(18(4)27)15-23(22)29/h7,11,15-16,18H,1,8-10,12-14,17,27H2,2-6H3/b19-16+,28-24?. The monoisotopic (exact) mass is 399 g/mol. The number of hydrogen-bond acceptors (Lipinski definition) is 3. The van der Waals surface area contributed by atoms with E-state index in [9.17, 15) is 4.39 Å². The van der Waals surface area contributed by atoms with Gasteiger partial charge in [-0.05, 0) is 66.4 Å². The van der Waals surface area contributed by atoms with E-state index in [1.807, 2.05) is 0 Å². The van der Waals surface area contributed by atoms with E-state index in [-0.39, 0.29) is 17.9 Å². The molecule has 4 heteroatoms. The van der Waals surface area contributed by atoms with E-state index < -0.39 is 5.97 Å². The van der Waals surface area contributed by atoms with Crippen LogP contribution in [0.4, 0.5) is 4.39 Å². The molecule has 0 radical (unpaired) electrons. The summed E-state index contributed by atoms with van der Waals surface area (Å²) in [6, 6.07) is -0.00118. The summed E-state index contributed by atoms with van der Waals surface area (Å²) >= 11 is 0. The molecule has 0 aromatic carbocycles. The first kappa shape index (κ1) is 23.3. The molecule has 1 aliphatic heterocycles. The average Bonchev–Trinajstić information content (AvgIpc) is 2.88. The highest BCUT2D eigenvalue weighted by Crippen LogP contribution is 2.43. The first-order valence-corrected chi connectivity index (χ1v) is 10.9. The van der Waals surface area contributed by atoms with Gasteiger partial charge in [0.2, 0.25) is 0 Å². The maximum atomic E-state index is 13.7. The second kappa shape index (κ2) is 10.2. The van der Waals surface area contributed by atoms with E-state index >= 15 is 0 Å². The minimum absolute atomic E-state index is 0.00118. The average molecular weight is 400 g/mol. The largest absolute Gasteiger partial charge is 0.367 e. The molecule has 0 fully saturated rings. The van der Waals surface area contributed by atoms with Crippen molar-refractivity contribution in [2.45, 2.75) is 72.8 Å². The van der Waals surface area contributed by atoms with Crippen LogP contribution in [0.2, 0.25) is 0 Å². The van der Waals surface area contributed by atoms with Crippen molar-refractivity contribution in [2.75, 3.05) is 13.1 Å². The molecule has 0 aromatic rings. The van der Waals surface area contributed by atoms with Crippen LogP contribution in [0.3, 0.4) is 0 Å². The number of hydrogen-bond donors (Lipinski definition) is 1. The number of nitrogens with two attached hydrogens (primary N) is 1. The summed E-state index contributed by atoms with van der Waals surface area (Å²) in [5.41, 5.74) is 13.0. The molecule has 1 unspecified atom stereocenters. The Morgan fingerprint density at radius 3 is 2.72 bits per heavy atom. The number of nitrogens with zero attached hydrogens (tertiary/aromatic N) is 2. The van der Waals surface area contributed by atoms with Crippen LogP contribution in [0.5, 0.6) is 0 Å². The molecule has 2 N–H and O–H groups in total. The van der Waals surface area contributed by atoms with Crippen molar-refractivity contribution in [3.8, 4) is 0 Å². The van der Waals surface area contributed by atoms with Gasteiger partial charge in [-0.15, -0.1) is 6.58 Å². The molecule has 0 amide bonds. The maximum Gasteiger partial charge on any atom is 0.192 e. The summed E-state index contributed by atoms with van der Waals surface area (Å²) in [5.74, 6) is -0.393. The fraction of sp³-hybridized carbons (Fsp3) is 0.560. The third-order valence-corrected chi connectivity index (χ3v) is 6.11. The van der Waals surface area contributed by atoms with Crippen LogP contribution in [0, 0.1) is 5.41 Å².